The van der Waals surface area contributed by atoms with Crippen LogP contribution in [0.15, 0.2) is 97.1 Å². The number of aliphatic hydroxyl groups excluding tert-OH is 1. The van der Waals surface area contributed by atoms with Crippen LogP contribution in [0.3, 0.4) is 0 Å². The fourth-order valence-corrected chi connectivity index (χ4v) is 6.84. The summed E-state index contributed by atoms with van der Waals surface area (Å²) in [5.74, 6) is -0.710. The molecule has 7 rings (SSSR count). The lowest BCUT2D eigenvalue weighted by atomic mass is 9.84. The smallest absolute Gasteiger partial charge is 0.266 e. The van der Waals surface area contributed by atoms with Gasteiger partial charge in [0.1, 0.15) is 0 Å². The number of carbonyl (C=O) groups excluding carboxylic acids is 2. The van der Waals surface area contributed by atoms with Gasteiger partial charge in [-0.05, 0) is 65.9 Å². The Kier molecular flexibility index (Phi) is 8.50. The minimum absolute atomic E-state index is 0.0396. The molecule has 3 aliphatic rings. The average Bonchev–Trinajstić information content (AvgIpc) is 3.35. The van der Waals surface area contributed by atoms with E-state index in [0.717, 1.165) is 16.7 Å². The quantitative estimate of drug-likeness (QED) is 0.234. The molecule has 236 valence electrons. The first-order valence-electron chi connectivity index (χ1n) is 15.6. The second kappa shape index (κ2) is 12.7. The van der Waals surface area contributed by atoms with Crippen molar-refractivity contribution in [3.8, 4) is 0 Å². The predicted molar refractivity (Wildman–Crippen MR) is 173 cm³/mol. The predicted octanol–water partition coefficient (Wildman–Crippen LogP) is 6.16. The van der Waals surface area contributed by atoms with Gasteiger partial charge in [-0.3, -0.25) is 9.59 Å². The number of hydrogen-bond acceptors (Lipinski definition) is 7. The van der Waals surface area contributed by atoms with Gasteiger partial charge in [0.2, 0.25) is 0 Å². The summed E-state index contributed by atoms with van der Waals surface area (Å²) in [5.41, 5.74) is 3.70. The third-order valence-corrected chi connectivity index (χ3v) is 9.59. The Bertz CT molecular complexity index is 1700. The number of fused-ring (bicyclic) bond motifs is 1. The molecule has 0 spiro atoms. The van der Waals surface area contributed by atoms with E-state index in [-0.39, 0.29) is 30.6 Å². The molecule has 46 heavy (non-hydrogen) atoms. The van der Waals surface area contributed by atoms with E-state index >= 15 is 0 Å². The Labute approximate surface area is 272 Å². The van der Waals surface area contributed by atoms with Crippen LogP contribution < -0.4 is 4.90 Å². The maximum Gasteiger partial charge on any atom is 0.266 e. The summed E-state index contributed by atoms with van der Waals surface area (Å²) in [7, 11) is 0. The van der Waals surface area contributed by atoms with Crippen molar-refractivity contribution in [3.05, 3.63) is 135 Å². The van der Waals surface area contributed by atoms with E-state index in [2.05, 4.69) is 4.90 Å². The lowest BCUT2D eigenvalue weighted by molar-refractivity contribution is -0.253. The van der Waals surface area contributed by atoms with Gasteiger partial charge in [0, 0.05) is 36.6 Å². The van der Waals surface area contributed by atoms with Crippen molar-refractivity contribution in [2.75, 3.05) is 24.5 Å². The normalized spacial score (nSPS) is 23.0. The zero-order valence-corrected chi connectivity index (χ0v) is 26.0. The number of anilines is 1. The molecule has 2 amide bonds. The van der Waals surface area contributed by atoms with Crippen molar-refractivity contribution < 1.29 is 29.3 Å². The lowest BCUT2D eigenvalue weighted by Gasteiger charge is -2.42. The van der Waals surface area contributed by atoms with Gasteiger partial charge in [-0.2, -0.15) is 0 Å². The van der Waals surface area contributed by atoms with Crippen LogP contribution in [-0.4, -0.2) is 52.7 Å². The molecule has 2 N–H and O–H groups in total. The van der Waals surface area contributed by atoms with Gasteiger partial charge in [-0.25, -0.2) is 4.90 Å². The van der Waals surface area contributed by atoms with Crippen molar-refractivity contribution in [2.45, 2.75) is 50.0 Å². The van der Waals surface area contributed by atoms with Crippen LogP contribution in [-0.2, 0) is 21.7 Å². The number of aliphatic hydroxyl groups is 2. The van der Waals surface area contributed by atoms with E-state index in [1.54, 1.807) is 42.5 Å². The molecular weight excluding hydrogens is 604 g/mol. The highest BCUT2D eigenvalue weighted by molar-refractivity contribution is 6.34. The average molecular weight is 639 g/mol. The first-order chi connectivity index (χ1) is 22.3. The standard InChI is InChI=1S/C37H35ClN2O6/c38-28-14-12-27(13-15-28)37(44)16-18-39(19-17-37)22-30-21-33(25-10-8-24(23-41)9-11-25)46-36(45-30)26-4-3-5-29(20-26)40-34(42)31-6-1-2-7-32(31)35(40)43/h1-15,20,30,33,36,41,44H,16-19,21-23H2. The van der Waals surface area contributed by atoms with Gasteiger partial charge in [0.25, 0.3) is 11.8 Å². The van der Waals surface area contributed by atoms with Crippen molar-refractivity contribution in [1.29, 1.82) is 0 Å². The molecule has 3 aliphatic heterocycles. The van der Waals surface area contributed by atoms with E-state index in [1.807, 2.05) is 54.6 Å². The lowest BCUT2D eigenvalue weighted by Crippen LogP contribution is -2.46. The number of amides is 2. The Morgan fingerprint density at radius 3 is 2.13 bits per heavy atom. The maximum absolute atomic E-state index is 13.2. The molecule has 0 saturated carbocycles. The minimum Gasteiger partial charge on any atom is -0.392 e. The molecule has 2 saturated heterocycles. The van der Waals surface area contributed by atoms with Crippen LogP contribution in [0, 0.1) is 0 Å². The molecule has 4 aromatic rings. The molecule has 4 aromatic carbocycles. The zero-order chi connectivity index (χ0) is 31.8. The van der Waals surface area contributed by atoms with Crippen LogP contribution in [0.4, 0.5) is 5.69 Å². The molecule has 0 bridgehead atoms. The number of imide groups is 1. The zero-order valence-electron chi connectivity index (χ0n) is 25.2. The van der Waals surface area contributed by atoms with E-state index in [4.69, 9.17) is 21.1 Å². The maximum atomic E-state index is 13.2. The highest BCUT2D eigenvalue weighted by Crippen LogP contribution is 2.41. The largest absolute Gasteiger partial charge is 0.392 e. The first kappa shape index (κ1) is 30.7. The Hall–Kier alpha value is -3.89. The number of piperidine rings is 1. The van der Waals surface area contributed by atoms with Gasteiger partial charge in [0.05, 0.1) is 41.2 Å². The van der Waals surface area contributed by atoms with Crippen molar-refractivity contribution in [1.82, 2.24) is 4.90 Å². The number of likely N-dealkylation sites (tertiary alicyclic amines) is 1. The monoisotopic (exact) mass is 638 g/mol. The van der Waals surface area contributed by atoms with Crippen LogP contribution in [0.25, 0.3) is 0 Å². The highest BCUT2D eigenvalue weighted by atomic mass is 35.5. The van der Waals surface area contributed by atoms with Gasteiger partial charge in [0.15, 0.2) is 6.29 Å². The molecule has 3 atom stereocenters. The topological polar surface area (TPSA) is 99.5 Å². The summed E-state index contributed by atoms with van der Waals surface area (Å²) in [6.45, 7) is 2.02. The number of ether oxygens (including phenoxy) is 2. The van der Waals surface area contributed by atoms with Gasteiger partial charge in [-0.1, -0.05) is 72.3 Å². The molecule has 0 aliphatic carbocycles. The molecule has 8 nitrogen and oxygen atoms in total. The summed E-state index contributed by atoms with van der Waals surface area (Å²) < 4.78 is 13.1. The van der Waals surface area contributed by atoms with Gasteiger partial charge < -0.3 is 24.6 Å². The fraction of sp³-hybridized carbons (Fsp3) is 0.297. The van der Waals surface area contributed by atoms with Crippen LogP contribution in [0.5, 0.6) is 0 Å². The molecule has 0 radical (unpaired) electrons. The Morgan fingerprint density at radius 2 is 1.48 bits per heavy atom. The number of hydrogen-bond donors (Lipinski definition) is 2. The molecule has 9 heteroatoms. The van der Waals surface area contributed by atoms with Crippen molar-refractivity contribution >= 4 is 29.1 Å². The van der Waals surface area contributed by atoms with Crippen LogP contribution in [0.2, 0.25) is 5.02 Å². The van der Waals surface area contributed by atoms with E-state index in [1.165, 1.54) is 4.90 Å². The minimum atomic E-state index is -0.901. The van der Waals surface area contributed by atoms with Crippen LogP contribution in [0.1, 0.15) is 74.6 Å². The number of nitrogens with zero attached hydrogens (tertiary/aromatic N) is 2. The molecule has 3 unspecified atom stereocenters. The number of benzene rings is 4. The third-order valence-electron chi connectivity index (χ3n) is 9.34. The molecular formula is C37H35ClN2O6. The Morgan fingerprint density at radius 1 is 0.804 bits per heavy atom. The van der Waals surface area contributed by atoms with Crippen molar-refractivity contribution in [2.24, 2.45) is 0 Å². The summed E-state index contributed by atoms with van der Waals surface area (Å²) in [4.78, 5) is 29.9. The number of carbonyl (C=O) groups is 2. The summed E-state index contributed by atoms with van der Waals surface area (Å²) in [5, 5.41) is 21.6. The molecule has 3 heterocycles. The summed E-state index contributed by atoms with van der Waals surface area (Å²) in [6, 6.07) is 29.2. The number of rotatable bonds is 7. The molecule has 0 aromatic heterocycles. The van der Waals surface area contributed by atoms with E-state index < -0.39 is 11.9 Å². The van der Waals surface area contributed by atoms with Gasteiger partial charge in [-0.15, -0.1) is 0 Å². The SMILES string of the molecule is O=C1c2ccccc2C(=O)N1c1cccc(C2OC(CN3CCC(O)(c4ccc(Cl)cc4)CC3)CC(c3ccc(CO)cc3)O2)c1. The van der Waals surface area contributed by atoms with E-state index in [0.29, 0.717) is 66.3 Å². The second-order valence-electron chi connectivity index (χ2n) is 12.3. The van der Waals surface area contributed by atoms with Gasteiger partial charge >= 0.3 is 0 Å². The highest BCUT2D eigenvalue weighted by Gasteiger charge is 2.39. The van der Waals surface area contributed by atoms with E-state index in [9.17, 15) is 19.8 Å². The Balaban J connectivity index is 1.11. The van der Waals surface area contributed by atoms with Crippen molar-refractivity contribution in [3.63, 3.8) is 0 Å². The third kappa shape index (κ3) is 6.00. The second-order valence-corrected chi connectivity index (χ2v) is 12.7. The van der Waals surface area contributed by atoms with Crippen LogP contribution >= 0.6 is 11.6 Å². The summed E-state index contributed by atoms with van der Waals surface area (Å²) >= 11 is 6.07. The number of halogens is 1. The summed E-state index contributed by atoms with van der Waals surface area (Å²) in [6.07, 6.45) is 0.587. The molecule has 2 fully saturated rings. The first-order valence-corrected chi connectivity index (χ1v) is 16.0. The fourth-order valence-electron chi connectivity index (χ4n) is 6.71.